The molecule has 1 saturated heterocycles. The second-order valence-electron chi connectivity index (χ2n) is 5.07. The predicted octanol–water partition coefficient (Wildman–Crippen LogP) is 2.20. The van der Waals surface area contributed by atoms with E-state index in [2.05, 4.69) is 9.88 Å². The summed E-state index contributed by atoms with van der Waals surface area (Å²) in [5.41, 5.74) is 0.904. The van der Waals surface area contributed by atoms with Crippen molar-refractivity contribution < 1.29 is 9.84 Å². The number of thiazole rings is 1. The molecule has 0 saturated carbocycles. The summed E-state index contributed by atoms with van der Waals surface area (Å²) in [6.07, 6.45) is 6.39. The fourth-order valence-electron chi connectivity index (χ4n) is 2.53. The third-order valence-corrected chi connectivity index (χ3v) is 4.73. The summed E-state index contributed by atoms with van der Waals surface area (Å²) in [5, 5.41) is 10.4. The third-order valence-electron chi connectivity index (χ3n) is 3.59. The van der Waals surface area contributed by atoms with Gasteiger partial charge in [-0.25, -0.2) is 4.98 Å². The lowest BCUT2D eigenvalue weighted by Gasteiger charge is -2.18. The molecule has 1 N–H and O–H groups in total. The molecule has 0 atom stereocenters. The Morgan fingerprint density at radius 1 is 1.26 bits per heavy atom. The molecule has 5 heteroatoms. The van der Waals surface area contributed by atoms with Gasteiger partial charge >= 0.3 is 0 Å². The van der Waals surface area contributed by atoms with Crippen LogP contribution in [0.15, 0.2) is 0 Å². The molecule has 1 aliphatic heterocycles. The molecular weight excluding hydrogens is 260 g/mol. The van der Waals surface area contributed by atoms with E-state index < -0.39 is 0 Å². The van der Waals surface area contributed by atoms with Crippen molar-refractivity contribution in [1.29, 1.82) is 0 Å². The molecule has 2 heterocycles. The maximum atomic E-state index is 9.32. The Morgan fingerprint density at radius 2 is 2.00 bits per heavy atom. The first kappa shape index (κ1) is 14.9. The number of rotatable bonds is 6. The SMILES string of the molecule is COCc1nc(CCN2CCCCCC2)sc1CO. The predicted molar refractivity (Wildman–Crippen MR) is 77.4 cm³/mol. The second kappa shape index (κ2) is 7.94. The molecule has 0 unspecified atom stereocenters. The van der Waals surface area contributed by atoms with Gasteiger partial charge in [0.2, 0.25) is 0 Å². The molecule has 4 nitrogen and oxygen atoms in total. The quantitative estimate of drug-likeness (QED) is 0.870. The maximum absolute atomic E-state index is 9.32. The molecule has 1 aromatic rings. The van der Waals surface area contributed by atoms with Crippen molar-refractivity contribution in [3.8, 4) is 0 Å². The fourth-order valence-corrected chi connectivity index (χ4v) is 3.45. The van der Waals surface area contributed by atoms with Crippen LogP contribution in [0.25, 0.3) is 0 Å². The molecule has 0 bridgehead atoms. The van der Waals surface area contributed by atoms with E-state index in [0.717, 1.165) is 28.5 Å². The van der Waals surface area contributed by atoms with E-state index in [1.54, 1.807) is 18.4 Å². The Bertz CT molecular complexity index is 374. The van der Waals surface area contributed by atoms with Crippen molar-refractivity contribution in [3.05, 3.63) is 15.6 Å². The van der Waals surface area contributed by atoms with Crippen molar-refractivity contribution in [2.75, 3.05) is 26.7 Å². The van der Waals surface area contributed by atoms with Gasteiger partial charge in [0.05, 0.1) is 28.8 Å². The summed E-state index contributed by atoms with van der Waals surface area (Å²) in [7, 11) is 1.66. The summed E-state index contributed by atoms with van der Waals surface area (Å²) in [6.45, 7) is 4.10. The Morgan fingerprint density at radius 3 is 2.63 bits per heavy atom. The Labute approximate surface area is 119 Å². The standard InChI is InChI=1S/C14H24N2O2S/c1-18-11-12-13(10-17)19-14(15-12)6-9-16-7-4-2-3-5-8-16/h17H,2-11H2,1H3. The normalized spacial score (nSPS) is 17.6. The van der Waals surface area contributed by atoms with Crippen molar-refractivity contribution in [2.24, 2.45) is 0 Å². The molecule has 2 rings (SSSR count). The number of likely N-dealkylation sites (tertiary alicyclic amines) is 1. The molecule has 108 valence electrons. The van der Waals surface area contributed by atoms with Gasteiger partial charge in [-0.1, -0.05) is 12.8 Å². The highest BCUT2D eigenvalue weighted by atomic mass is 32.1. The van der Waals surface area contributed by atoms with Gasteiger partial charge < -0.3 is 14.7 Å². The van der Waals surface area contributed by atoms with Gasteiger partial charge in [-0.05, 0) is 25.9 Å². The van der Waals surface area contributed by atoms with Gasteiger partial charge in [0.1, 0.15) is 0 Å². The fraction of sp³-hybridized carbons (Fsp3) is 0.786. The van der Waals surface area contributed by atoms with Gasteiger partial charge in [-0.15, -0.1) is 11.3 Å². The molecule has 1 aromatic heterocycles. The van der Waals surface area contributed by atoms with Crippen LogP contribution in [0.1, 0.15) is 41.3 Å². The highest BCUT2D eigenvalue weighted by molar-refractivity contribution is 7.11. The molecule has 1 fully saturated rings. The minimum Gasteiger partial charge on any atom is -0.391 e. The zero-order valence-corrected chi connectivity index (χ0v) is 12.5. The summed E-state index contributed by atoms with van der Waals surface area (Å²) >= 11 is 1.63. The Hall–Kier alpha value is -0.490. The molecule has 1 aliphatic rings. The van der Waals surface area contributed by atoms with Gasteiger partial charge in [-0.3, -0.25) is 0 Å². The van der Waals surface area contributed by atoms with Gasteiger partial charge in [-0.2, -0.15) is 0 Å². The van der Waals surface area contributed by atoms with Gasteiger partial charge in [0, 0.05) is 20.1 Å². The van der Waals surface area contributed by atoms with Gasteiger partial charge in [0.15, 0.2) is 0 Å². The highest BCUT2D eigenvalue weighted by Crippen LogP contribution is 2.20. The average Bonchev–Trinajstić information content (AvgIpc) is 2.63. The van der Waals surface area contributed by atoms with E-state index >= 15 is 0 Å². The van der Waals surface area contributed by atoms with Gasteiger partial charge in [0.25, 0.3) is 0 Å². The van der Waals surface area contributed by atoms with Crippen LogP contribution in [-0.4, -0.2) is 41.7 Å². The molecule has 0 aromatic carbocycles. The number of aliphatic hydroxyl groups is 1. The first-order valence-corrected chi connectivity index (χ1v) is 7.94. The van der Waals surface area contributed by atoms with E-state index in [4.69, 9.17) is 4.74 Å². The van der Waals surface area contributed by atoms with E-state index in [0.29, 0.717) is 6.61 Å². The molecule has 0 aliphatic carbocycles. The van der Waals surface area contributed by atoms with E-state index in [1.807, 2.05) is 0 Å². The van der Waals surface area contributed by atoms with Crippen LogP contribution in [0.3, 0.4) is 0 Å². The average molecular weight is 284 g/mol. The minimum atomic E-state index is 0.0695. The van der Waals surface area contributed by atoms with Crippen LogP contribution in [-0.2, 0) is 24.4 Å². The van der Waals surface area contributed by atoms with E-state index in [9.17, 15) is 5.11 Å². The van der Waals surface area contributed by atoms with Crippen molar-refractivity contribution >= 4 is 11.3 Å². The van der Waals surface area contributed by atoms with Crippen LogP contribution in [0.5, 0.6) is 0 Å². The molecule has 0 amide bonds. The van der Waals surface area contributed by atoms with E-state index in [1.165, 1.54) is 38.8 Å². The van der Waals surface area contributed by atoms with E-state index in [-0.39, 0.29) is 6.61 Å². The first-order chi connectivity index (χ1) is 9.33. The van der Waals surface area contributed by atoms with Crippen LogP contribution in [0.4, 0.5) is 0 Å². The summed E-state index contributed by atoms with van der Waals surface area (Å²) < 4.78 is 5.12. The van der Waals surface area contributed by atoms with Crippen molar-refractivity contribution in [2.45, 2.75) is 45.3 Å². The third kappa shape index (κ3) is 4.53. The number of methoxy groups -OCH3 is 1. The van der Waals surface area contributed by atoms with Crippen LogP contribution < -0.4 is 0 Å². The highest BCUT2D eigenvalue weighted by Gasteiger charge is 2.13. The van der Waals surface area contributed by atoms with Crippen LogP contribution in [0.2, 0.25) is 0 Å². The van der Waals surface area contributed by atoms with Crippen LogP contribution >= 0.6 is 11.3 Å². The van der Waals surface area contributed by atoms with Crippen molar-refractivity contribution in [3.63, 3.8) is 0 Å². The topological polar surface area (TPSA) is 45.6 Å². The minimum absolute atomic E-state index is 0.0695. The first-order valence-electron chi connectivity index (χ1n) is 7.13. The van der Waals surface area contributed by atoms with Crippen molar-refractivity contribution in [1.82, 2.24) is 9.88 Å². The lowest BCUT2D eigenvalue weighted by molar-refractivity contribution is 0.178. The largest absolute Gasteiger partial charge is 0.391 e. The maximum Gasteiger partial charge on any atom is 0.0945 e. The molecule has 0 radical (unpaired) electrons. The zero-order valence-electron chi connectivity index (χ0n) is 11.7. The second-order valence-corrected chi connectivity index (χ2v) is 6.24. The Balaban J connectivity index is 1.87. The number of ether oxygens (including phenoxy) is 1. The number of aromatic nitrogens is 1. The number of aliphatic hydroxyl groups excluding tert-OH is 1. The number of hydrogen-bond donors (Lipinski definition) is 1. The lowest BCUT2D eigenvalue weighted by atomic mass is 10.2. The molecule has 19 heavy (non-hydrogen) atoms. The summed E-state index contributed by atoms with van der Waals surface area (Å²) in [4.78, 5) is 8.08. The lowest BCUT2D eigenvalue weighted by Crippen LogP contribution is -2.26. The smallest absolute Gasteiger partial charge is 0.0945 e. The molecular formula is C14H24N2O2S. The summed E-state index contributed by atoms with van der Waals surface area (Å²) in [5.74, 6) is 0. The number of nitrogens with zero attached hydrogens (tertiary/aromatic N) is 2. The summed E-state index contributed by atoms with van der Waals surface area (Å²) in [6, 6.07) is 0. The monoisotopic (exact) mass is 284 g/mol. The van der Waals surface area contributed by atoms with Crippen LogP contribution in [0, 0.1) is 0 Å². The molecule has 0 spiro atoms. The zero-order chi connectivity index (χ0) is 13.5. The Kier molecular flexibility index (Phi) is 6.23. The number of hydrogen-bond acceptors (Lipinski definition) is 5.